The van der Waals surface area contributed by atoms with Crippen molar-refractivity contribution in [3.05, 3.63) is 17.0 Å². The van der Waals surface area contributed by atoms with E-state index in [1.165, 1.54) is 11.3 Å². The van der Waals surface area contributed by atoms with Crippen LogP contribution in [0.5, 0.6) is 0 Å². The number of ether oxygens (including phenoxy) is 1. The average Bonchev–Trinajstić information content (AvgIpc) is 2.73. The minimum atomic E-state index is 0.156. The summed E-state index contributed by atoms with van der Waals surface area (Å²) in [6.45, 7) is 5.64. The van der Waals surface area contributed by atoms with Crippen molar-refractivity contribution in [2.45, 2.75) is 26.4 Å². The van der Waals surface area contributed by atoms with Crippen molar-refractivity contribution in [1.29, 1.82) is 0 Å². The quantitative estimate of drug-likeness (QED) is 0.792. The van der Waals surface area contributed by atoms with Crippen molar-refractivity contribution in [2.24, 2.45) is 18.7 Å². The summed E-state index contributed by atoms with van der Waals surface area (Å²) in [6.07, 6.45) is 1.22. The van der Waals surface area contributed by atoms with Crippen LogP contribution in [-0.2, 0) is 11.8 Å². The summed E-state index contributed by atoms with van der Waals surface area (Å²) in [5.74, 6) is 0.451. The molecule has 0 amide bonds. The van der Waals surface area contributed by atoms with Gasteiger partial charge in [0, 0.05) is 30.8 Å². The van der Waals surface area contributed by atoms with E-state index in [1.807, 2.05) is 18.7 Å². The fourth-order valence-electron chi connectivity index (χ4n) is 2.40. The van der Waals surface area contributed by atoms with Gasteiger partial charge in [-0.15, -0.1) is 0 Å². The Balaban J connectivity index is 2.36. The molecule has 0 saturated carbocycles. The molecular formula is C11H19N3O. The topological polar surface area (TPSA) is 53.1 Å². The first kappa shape index (κ1) is 10.6. The molecule has 2 rings (SSSR count). The van der Waals surface area contributed by atoms with Crippen LogP contribution in [0, 0.1) is 19.8 Å². The molecule has 0 bridgehead atoms. The Kier molecular flexibility index (Phi) is 2.80. The number of aryl methyl sites for hydroxylation is 2. The van der Waals surface area contributed by atoms with Crippen molar-refractivity contribution < 1.29 is 4.74 Å². The predicted molar refractivity (Wildman–Crippen MR) is 58.5 cm³/mol. The summed E-state index contributed by atoms with van der Waals surface area (Å²) in [5, 5.41) is 4.42. The maximum Gasteiger partial charge on any atom is 0.0901 e. The summed E-state index contributed by atoms with van der Waals surface area (Å²) in [4.78, 5) is 0. The largest absolute Gasteiger partial charge is 0.373 e. The van der Waals surface area contributed by atoms with Gasteiger partial charge in [0.05, 0.1) is 11.8 Å². The van der Waals surface area contributed by atoms with Gasteiger partial charge in [0.1, 0.15) is 0 Å². The molecule has 0 unspecified atom stereocenters. The maximum absolute atomic E-state index is 5.78. The number of aromatic nitrogens is 2. The van der Waals surface area contributed by atoms with Gasteiger partial charge in [-0.3, -0.25) is 4.68 Å². The van der Waals surface area contributed by atoms with Gasteiger partial charge < -0.3 is 10.5 Å². The van der Waals surface area contributed by atoms with Gasteiger partial charge >= 0.3 is 0 Å². The van der Waals surface area contributed by atoms with E-state index in [0.717, 1.165) is 18.7 Å². The van der Waals surface area contributed by atoms with Crippen LogP contribution in [0.15, 0.2) is 0 Å². The van der Waals surface area contributed by atoms with Gasteiger partial charge in [0.2, 0.25) is 0 Å². The summed E-state index contributed by atoms with van der Waals surface area (Å²) in [7, 11) is 1.97. The van der Waals surface area contributed by atoms with Crippen LogP contribution in [0.1, 0.15) is 29.5 Å². The molecule has 4 heteroatoms. The smallest absolute Gasteiger partial charge is 0.0901 e. The van der Waals surface area contributed by atoms with Gasteiger partial charge in [-0.25, -0.2) is 0 Å². The second-order valence-electron chi connectivity index (χ2n) is 4.28. The minimum Gasteiger partial charge on any atom is -0.373 e. The molecule has 1 aliphatic heterocycles. The summed E-state index contributed by atoms with van der Waals surface area (Å²) in [6, 6.07) is 0. The second-order valence-corrected chi connectivity index (χ2v) is 4.28. The Morgan fingerprint density at radius 1 is 1.53 bits per heavy atom. The van der Waals surface area contributed by atoms with Gasteiger partial charge in [0.15, 0.2) is 0 Å². The molecule has 0 spiro atoms. The Hall–Kier alpha value is -0.870. The summed E-state index contributed by atoms with van der Waals surface area (Å²) >= 11 is 0. The third-order valence-electron chi connectivity index (χ3n) is 3.37. The Bertz CT molecular complexity index is 359. The molecule has 1 aliphatic rings. The van der Waals surface area contributed by atoms with Crippen molar-refractivity contribution in [2.75, 3.05) is 13.2 Å². The van der Waals surface area contributed by atoms with Crippen LogP contribution in [-0.4, -0.2) is 22.9 Å². The van der Waals surface area contributed by atoms with Crippen LogP contribution < -0.4 is 5.73 Å². The SMILES string of the molecule is Cc1nn(C)c(C)c1[C@H]1OCC[C@@H]1CN. The van der Waals surface area contributed by atoms with E-state index < -0.39 is 0 Å². The summed E-state index contributed by atoms with van der Waals surface area (Å²) < 4.78 is 7.70. The van der Waals surface area contributed by atoms with Crippen LogP contribution >= 0.6 is 0 Å². The molecule has 2 heterocycles. The molecule has 2 N–H and O–H groups in total. The zero-order valence-electron chi connectivity index (χ0n) is 9.66. The molecule has 0 radical (unpaired) electrons. The van der Waals surface area contributed by atoms with Gasteiger partial charge in [0.25, 0.3) is 0 Å². The molecule has 2 atom stereocenters. The molecule has 1 fully saturated rings. The molecule has 15 heavy (non-hydrogen) atoms. The van der Waals surface area contributed by atoms with E-state index in [-0.39, 0.29) is 6.10 Å². The first-order chi connectivity index (χ1) is 7.15. The molecule has 1 saturated heterocycles. The van der Waals surface area contributed by atoms with Gasteiger partial charge in [-0.2, -0.15) is 5.10 Å². The Morgan fingerprint density at radius 3 is 2.80 bits per heavy atom. The Morgan fingerprint density at radius 2 is 2.27 bits per heavy atom. The highest BCUT2D eigenvalue weighted by molar-refractivity contribution is 5.28. The molecular weight excluding hydrogens is 190 g/mol. The molecule has 1 aromatic heterocycles. The fraction of sp³-hybridized carbons (Fsp3) is 0.727. The molecule has 84 valence electrons. The molecule has 1 aromatic rings. The number of nitrogens with two attached hydrogens (primary N) is 1. The standard InChI is InChI=1S/C11H19N3O/c1-7-10(8(2)14(3)13-7)11-9(6-12)4-5-15-11/h9,11H,4-6,12H2,1-3H3/t9-,11+/m1/s1. The third-order valence-corrected chi connectivity index (χ3v) is 3.37. The van der Waals surface area contributed by atoms with E-state index in [1.54, 1.807) is 0 Å². The average molecular weight is 209 g/mol. The minimum absolute atomic E-state index is 0.156. The van der Waals surface area contributed by atoms with E-state index in [9.17, 15) is 0 Å². The first-order valence-corrected chi connectivity index (χ1v) is 5.47. The van der Waals surface area contributed by atoms with Crippen molar-refractivity contribution in [1.82, 2.24) is 9.78 Å². The molecule has 0 aliphatic carbocycles. The van der Waals surface area contributed by atoms with E-state index in [2.05, 4.69) is 12.0 Å². The van der Waals surface area contributed by atoms with E-state index >= 15 is 0 Å². The number of hydrogen-bond donors (Lipinski definition) is 1. The zero-order chi connectivity index (χ0) is 11.0. The molecule has 0 aromatic carbocycles. The predicted octanol–water partition coefficient (Wildman–Crippen LogP) is 1.07. The Labute approximate surface area is 90.4 Å². The number of hydrogen-bond acceptors (Lipinski definition) is 3. The van der Waals surface area contributed by atoms with Crippen LogP contribution in [0.3, 0.4) is 0 Å². The van der Waals surface area contributed by atoms with Crippen molar-refractivity contribution in [3.8, 4) is 0 Å². The normalized spacial score (nSPS) is 26.1. The first-order valence-electron chi connectivity index (χ1n) is 5.47. The zero-order valence-corrected chi connectivity index (χ0v) is 9.66. The van der Waals surface area contributed by atoms with E-state index in [4.69, 9.17) is 10.5 Å². The second kappa shape index (κ2) is 3.94. The van der Waals surface area contributed by atoms with Gasteiger partial charge in [-0.1, -0.05) is 0 Å². The monoisotopic (exact) mass is 209 g/mol. The fourth-order valence-corrected chi connectivity index (χ4v) is 2.40. The van der Waals surface area contributed by atoms with Crippen LogP contribution in [0.25, 0.3) is 0 Å². The van der Waals surface area contributed by atoms with Gasteiger partial charge in [-0.05, 0) is 26.8 Å². The lowest BCUT2D eigenvalue weighted by Gasteiger charge is -2.17. The third kappa shape index (κ3) is 1.68. The maximum atomic E-state index is 5.78. The highest BCUT2D eigenvalue weighted by Crippen LogP contribution is 2.36. The molecule has 4 nitrogen and oxygen atoms in total. The van der Waals surface area contributed by atoms with Crippen LogP contribution in [0.4, 0.5) is 0 Å². The highest BCUT2D eigenvalue weighted by Gasteiger charge is 2.32. The lowest BCUT2D eigenvalue weighted by atomic mass is 9.94. The highest BCUT2D eigenvalue weighted by atomic mass is 16.5. The number of rotatable bonds is 2. The summed E-state index contributed by atoms with van der Waals surface area (Å²) in [5.41, 5.74) is 9.26. The lowest BCUT2D eigenvalue weighted by molar-refractivity contribution is 0.0914. The van der Waals surface area contributed by atoms with E-state index in [0.29, 0.717) is 12.5 Å². The van der Waals surface area contributed by atoms with Crippen molar-refractivity contribution in [3.63, 3.8) is 0 Å². The number of nitrogens with zero attached hydrogens (tertiary/aromatic N) is 2. The van der Waals surface area contributed by atoms with Crippen molar-refractivity contribution >= 4 is 0 Å². The lowest BCUT2D eigenvalue weighted by Crippen LogP contribution is -2.18. The van der Waals surface area contributed by atoms with Crippen LogP contribution in [0.2, 0.25) is 0 Å².